The van der Waals surface area contributed by atoms with Crippen LogP contribution in [0.5, 0.6) is 5.75 Å². The van der Waals surface area contributed by atoms with Crippen molar-refractivity contribution in [3.63, 3.8) is 0 Å². The van der Waals surface area contributed by atoms with Crippen molar-refractivity contribution in [1.29, 1.82) is 0 Å². The van der Waals surface area contributed by atoms with Gasteiger partial charge in [0.25, 0.3) is 5.91 Å². The van der Waals surface area contributed by atoms with Crippen molar-refractivity contribution < 1.29 is 14.3 Å². The summed E-state index contributed by atoms with van der Waals surface area (Å²) in [7, 11) is 1.72. The van der Waals surface area contributed by atoms with Gasteiger partial charge in [-0.05, 0) is 24.3 Å². The van der Waals surface area contributed by atoms with E-state index in [4.69, 9.17) is 4.74 Å². The first-order valence-corrected chi connectivity index (χ1v) is 7.01. The maximum Gasteiger partial charge on any atom is 0.260 e. The molecule has 0 unspecified atom stereocenters. The zero-order chi connectivity index (χ0) is 15.8. The van der Waals surface area contributed by atoms with Gasteiger partial charge in [-0.15, -0.1) is 0 Å². The predicted molar refractivity (Wildman–Crippen MR) is 82.9 cm³/mol. The third kappa shape index (κ3) is 4.41. The third-order valence-corrected chi connectivity index (χ3v) is 3.25. The summed E-state index contributed by atoms with van der Waals surface area (Å²) in [5.41, 5.74) is 1.38. The molecule has 1 aromatic heterocycles. The molecule has 0 saturated heterocycles. The lowest BCUT2D eigenvalue weighted by atomic mass is 10.2. The second kappa shape index (κ2) is 7.93. The van der Waals surface area contributed by atoms with E-state index in [0.717, 1.165) is 5.69 Å². The molecule has 0 saturated carbocycles. The summed E-state index contributed by atoms with van der Waals surface area (Å²) in [6, 6.07) is 12.5. The Morgan fingerprint density at radius 3 is 2.73 bits per heavy atom. The molecule has 2 aromatic rings. The predicted octanol–water partition coefficient (Wildman–Crippen LogP) is 1.97. The van der Waals surface area contributed by atoms with Gasteiger partial charge in [0.15, 0.2) is 12.9 Å². The van der Waals surface area contributed by atoms with Crippen LogP contribution in [0.1, 0.15) is 16.1 Å². The molecule has 5 nitrogen and oxygen atoms in total. The average molecular weight is 298 g/mol. The van der Waals surface area contributed by atoms with E-state index in [2.05, 4.69) is 4.98 Å². The highest BCUT2D eigenvalue weighted by molar-refractivity contribution is 5.80. The SMILES string of the molecule is CN(CCc1ccccn1)C(=O)COc1ccccc1C=O. The third-order valence-electron chi connectivity index (χ3n) is 3.25. The number of carbonyl (C=O) groups excluding carboxylic acids is 2. The number of ether oxygens (including phenoxy) is 1. The molecule has 1 amide bonds. The van der Waals surface area contributed by atoms with Gasteiger partial charge >= 0.3 is 0 Å². The Kier molecular flexibility index (Phi) is 5.65. The molecule has 114 valence electrons. The topological polar surface area (TPSA) is 59.5 Å². The number of rotatable bonds is 7. The summed E-state index contributed by atoms with van der Waals surface area (Å²) in [5.74, 6) is 0.278. The zero-order valence-corrected chi connectivity index (χ0v) is 12.4. The molecule has 0 N–H and O–H groups in total. The van der Waals surface area contributed by atoms with Crippen LogP contribution in [0.4, 0.5) is 0 Å². The normalized spacial score (nSPS) is 10.0. The van der Waals surface area contributed by atoms with Gasteiger partial charge in [-0.25, -0.2) is 0 Å². The molecule has 0 bridgehead atoms. The van der Waals surface area contributed by atoms with E-state index in [1.165, 1.54) is 0 Å². The first-order chi connectivity index (χ1) is 10.7. The van der Waals surface area contributed by atoms with Crippen LogP contribution in [-0.4, -0.2) is 42.3 Å². The first kappa shape index (κ1) is 15.7. The second-order valence-corrected chi connectivity index (χ2v) is 4.83. The fourth-order valence-electron chi connectivity index (χ4n) is 1.91. The van der Waals surface area contributed by atoms with Gasteiger partial charge in [0, 0.05) is 31.9 Å². The lowest BCUT2D eigenvalue weighted by molar-refractivity contribution is -0.132. The van der Waals surface area contributed by atoms with E-state index in [1.807, 2.05) is 18.2 Å². The number of hydrogen-bond donors (Lipinski definition) is 0. The van der Waals surface area contributed by atoms with Crippen LogP contribution in [0, 0.1) is 0 Å². The number of amides is 1. The molecule has 1 aromatic carbocycles. The maximum atomic E-state index is 12.0. The summed E-state index contributed by atoms with van der Waals surface area (Å²) in [4.78, 5) is 28.7. The lowest BCUT2D eigenvalue weighted by Gasteiger charge is -2.17. The van der Waals surface area contributed by atoms with Gasteiger partial charge in [0.05, 0.1) is 5.56 Å². The van der Waals surface area contributed by atoms with Crippen LogP contribution in [0.15, 0.2) is 48.7 Å². The Morgan fingerprint density at radius 2 is 2.00 bits per heavy atom. The van der Waals surface area contributed by atoms with E-state index >= 15 is 0 Å². The molecule has 0 spiro atoms. The molecule has 2 rings (SSSR count). The highest BCUT2D eigenvalue weighted by atomic mass is 16.5. The number of likely N-dealkylation sites (N-methyl/N-ethyl adjacent to an activating group) is 1. The lowest BCUT2D eigenvalue weighted by Crippen LogP contribution is -2.33. The number of pyridine rings is 1. The second-order valence-electron chi connectivity index (χ2n) is 4.83. The van der Waals surface area contributed by atoms with Crippen molar-refractivity contribution in [2.75, 3.05) is 20.2 Å². The molecule has 0 aliphatic rings. The number of nitrogens with zero attached hydrogens (tertiary/aromatic N) is 2. The van der Waals surface area contributed by atoms with Gasteiger partial charge in [-0.2, -0.15) is 0 Å². The first-order valence-electron chi connectivity index (χ1n) is 7.01. The van der Waals surface area contributed by atoms with E-state index in [1.54, 1.807) is 42.4 Å². The number of para-hydroxylation sites is 1. The van der Waals surface area contributed by atoms with Crippen LogP contribution in [-0.2, 0) is 11.2 Å². The van der Waals surface area contributed by atoms with Crippen molar-refractivity contribution in [1.82, 2.24) is 9.88 Å². The van der Waals surface area contributed by atoms with Crippen molar-refractivity contribution >= 4 is 12.2 Å². The van der Waals surface area contributed by atoms with Crippen LogP contribution in [0.25, 0.3) is 0 Å². The molecule has 0 aliphatic carbocycles. The fourth-order valence-corrected chi connectivity index (χ4v) is 1.91. The summed E-state index contributed by atoms with van der Waals surface area (Å²) < 4.78 is 5.42. The number of hydrogen-bond acceptors (Lipinski definition) is 4. The van der Waals surface area contributed by atoms with E-state index in [0.29, 0.717) is 30.6 Å². The molecule has 5 heteroatoms. The van der Waals surface area contributed by atoms with Crippen molar-refractivity contribution in [2.24, 2.45) is 0 Å². The van der Waals surface area contributed by atoms with Gasteiger partial charge < -0.3 is 9.64 Å². The number of carbonyl (C=O) groups is 2. The molecular formula is C17H18N2O3. The summed E-state index contributed by atoms with van der Waals surface area (Å²) >= 11 is 0. The molecule has 22 heavy (non-hydrogen) atoms. The molecule has 0 atom stereocenters. The average Bonchev–Trinajstić information content (AvgIpc) is 2.58. The van der Waals surface area contributed by atoms with Gasteiger partial charge in [-0.3, -0.25) is 14.6 Å². The number of aldehydes is 1. The van der Waals surface area contributed by atoms with E-state index in [-0.39, 0.29) is 12.5 Å². The zero-order valence-electron chi connectivity index (χ0n) is 12.4. The van der Waals surface area contributed by atoms with Gasteiger partial charge in [0.2, 0.25) is 0 Å². The summed E-state index contributed by atoms with van der Waals surface area (Å²) in [6.07, 6.45) is 3.13. The Hall–Kier alpha value is -2.69. The van der Waals surface area contributed by atoms with Crippen molar-refractivity contribution in [3.8, 4) is 5.75 Å². The Morgan fingerprint density at radius 1 is 1.23 bits per heavy atom. The molecule has 0 aliphatic heterocycles. The minimum atomic E-state index is -0.142. The highest BCUT2D eigenvalue weighted by Gasteiger charge is 2.11. The van der Waals surface area contributed by atoms with Crippen LogP contribution >= 0.6 is 0 Å². The van der Waals surface area contributed by atoms with E-state index in [9.17, 15) is 9.59 Å². The Labute approximate surface area is 129 Å². The van der Waals surface area contributed by atoms with Crippen LogP contribution < -0.4 is 4.74 Å². The minimum absolute atomic E-state index is 0.0937. The van der Waals surface area contributed by atoms with Gasteiger partial charge in [-0.1, -0.05) is 18.2 Å². The molecule has 0 fully saturated rings. The smallest absolute Gasteiger partial charge is 0.260 e. The fraction of sp³-hybridized carbons (Fsp3) is 0.235. The van der Waals surface area contributed by atoms with Crippen molar-refractivity contribution in [2.45, 2.75) is 6.42 Å². The summed E-state index contributed by atoms with van der Waals surface area (Å²) in [6.45, 7) is 0.470. The summed E-state index contributed by atoms with van der Waals surface area (Å²) in [5, 5.41) is 0. The Bertz CT molecular complexity index is 629. The highest BCUT2D eigenvalue weighted by Crippen LogP contribution is 2.15. The number of aromatic nitrogens is 1. The molecule has 1 heterocycles. The van der Waals surface area contributed by atoms with Crippen molar-refractivity contribution in [3.05, 3.63) is 59.9 Å². The van der Waals surface area contributed by atoms with Gasteiger partial charge in [0.1, 0.15) is 5.75 Å². The monoisotopic (exact) mass is 298 g/mol. The number of benzene rings is 1. The van der Waals surface area contributed by atoms with E-state index < -0.39 is 0 Å². The maximum absolute atomic E-state index is 12.0. The quantitative estimate of drug-likeness (QED) is 0.733. The Balaban J connectivity index is 1.82. The molecular weight excluding hydrogens is 280 g/mol. The van der Waals surface area contributed by atoms with Crippen LogP contribution in [0.2, 0.25) is 0 Å². The minimum Gasteiger partial charge on any atom is -0.483 e. The standard InChI is InChI=1S/C17H18N2O3/c1-19(11-9-15-7-4-5-10-18-15)17(21)13-22-16-8-3-2-6-14(16)12-20/h2-8,10,12H,9,11,13H2,1H3. The largest absolute Gasteiger partial charge is 0.483 e. The van der Waals surface area contributed by atoms with Crippen LogP contribution in [0.3, 0.4) is 0 Å². The molecule has 0 radical (unpaired) electrons.